The molecule has 98 valence electrons. The maximum absolute atomic E-state index is 10.7. The topological polar surface area (TPSA) is 52.4 Å². The molecule has 1 aromatic rings. The van der Waals surface area contributed by atoms with Crippen LogP contribution >= 0.6 is 11.6 Å². The van der Waals surface area contributed by atoms with Crippen LogP contribution in [0.5, 0.6) is 5.75 Å². The highest BCUT2D eigenvalue weighted by Gasteiger charge is 2.22. The predicted octanol–water partition coefficient (Wildman–Crippen LogP) is 4.21. The molecule has 4 nitrogen and oxygen atoms in total. The molecular weight excluding hydrogens is 254 g/mol. The number of hydrogen-bond acceptors (Lipinski definition) is 3. The van der Waals surface area contributed by atoms with Gasteiger partial charge in [-0.05, 0) is 31.2 Å². The largest absolute Gasteiger partial charge is 0.489 e. The molecule has 0 amide bonds. The second-order valence-electron chi connectivity index (χ2n) is 4.88. The van der Waals surface area contributed by atoms with Crippen LogP contribution < -0.4 is 4.74 Å². The second-order valence-corrected chi connectivity index (χ2v) is 5.29. The van der Waals surface area contributed by atoms with Crippen molar-refractivity contribution in [3.63, 3.8) is 0 Å². The minimum atomic E-state index is -0.438. The van der Waals surface area contributed by atoms with E-state index >= 15 is 0 Å². The van der Waals surface area contributed by atoms with Gasteiger partial charge in [-0.25, -0.2) is 0 Å². The fraction of sp³-hybridized carbons (Fsp3) is 0.538. The Balaban J connectivity index is 2.12. The van der Waals surface area contributed by atoms with Crippen molar-refractivity contribution in [1.29, 1.82) is 0 Å². The van der Waals surface area contributed by atoms with Crippen LogP contribution in [-0.2, 0) is 0 Å². The molecule has 0 radical (unpaired) electrons. The van der Waals surface area contributed by atoms with Crippen molar-refractivity contribution in [2.75, 3.05) is 0 Å². The predicted molar refractivity (Wildman–Crippen MR) is 70.2 cm³/mol. The molecule has 0 bridgehead atoms. The average molecular weight is 270 g/mol. The first kappa shape index (κ1) is 13.1. The highest BCUT2D eigenvalue weighted by Crippen LogP contribution is 2.33. The minimum absolute atomic E-state index is 0.0123. The van der Waals surface area contributed by atoms with Gasteiger partial charge < -0.3 is 4.74 Å². The summed E-state index contributed by atoms with van der Waals surface area (Å²) in [5.41, 5.74) is 0.0123. The third kappa shape index (κ3) is 3.13. The summed E-state index contributed by atoms with van der Waals surface area (Å²) in [6, 6.07) is 4.31. The van der Waals surface area contributed by atoms with Crippen LogP contribution in [0.4, 0.5) is 5.69 Å². The van der Waals surface area contributed by atoms with E-state index in [1.54, 1.807) is 0 Å². The molecule has 1 aliphatic carbocycles. The highest BCUT2D eigenvalue weighted by molar-refractivity contribution is 6.32. The van der Waals surface area contributed by atoms with Crippen LogP contribution in [0, 0.1) is 16.0 Å². The summed E-state index contributed by atoms with van der Waals surface area (Å²) in [6.07, 6.45) is 4.46. The summed E-state index contributed by atoms with van der Waals surface area (Å²) >= 11 is 6.01. The maximum atomic E-state index is 10.7. The molecule has 0 aromatic heterocycles. The first-order valence-corrected chi connectivity index (χ1v) is 6.54. The van der Waals surface area contributed by atoms with Gasteiger partial charge in [-0.15, -0.1) is 0 Å². The Morgan fingerprint density at radius 1 is 1.44 bits per heavy atom. The summed E-state index contributed by atoms with van der Waals surface area (Å²) in [4.78, 5) is 10.3. The molecular formula is C13H16ClNO3. The van der Waals surface area contributed by atoms with E-state index in [9.17, 15) is 10.1 Å². The van der Waals surface area contributed by atoms with E-state index in [-0.39, 0.29) is 11.8 Å². The van der Waals surface area contributed by atoms with E-state index in [0.29, 0.717) is 16.7 Å². The standard InChI is InChI=1S/C13H16ClNO3/c1-9-3-2-4-11(7-9)18-13-8-10(15(16)17)5-6-12(13)14/h5-6,8-9,11H,2-4,7H2,1H3. The van der Waals surface area contributed by atoms with Crippen LogP contribution in [0.25, 0.3) is 0 Å². The van der Waals surface area contributed by atoms with Gasteiger partial charge in [-0.2, -0.15) is 0 Å². The van der Waals surface area contributed by atoms with E-state index in [1.165, 1.54) is 24.6 Å². The van der Waals surface area contributed by atoms with Crippen LogP contribution in [0.2, 0.25) is 5.02 Å². The third-order valence-electron chi connectivity index (χ3n) is 3.31. The molecule has 2 atom stereocenters. The van der Waals surface area contributed by atoms with Crippen molar-refractivity contribution in [3.8, 4) is 5.75 Å². The lowest BCUT2D eigenvalue weighted by Crippen LogP contribution is -2.24. The van der Waals surface area contributed by atoms with Gasteiger partial charge >= 0.3 is 0 Å². The fourth-order valence-corrected chi connectivity index (χ4v) is 2.52. The molecule has 2 rings (SSSR count). The van der Waals surface area contributed by atoms with Gasteiger partial charge in [0.05, 0.1) is 22.1 Å². The van der Waals surface area contributed by atoms with Gasteiger partial charge in [0.2, 0.25) is 0 Å². The number of rotatable bonds is 3. The number of nitro groups is 1. The van der Waals surface area contributed by atoms with E-state index in [1.807, 2.05) is 0 Å². The molecule has 0 heterocycles. The zero-order valence-corrected chi connectivity index (χ0v) is 11.0. The lowest BCUT2D eigenvalue weighted by molar-refractivity contribution is -0.384. The van der Waals surface area contributed by atoms with Crippen molar-refractivity contribution in [3.05, 3.63) is 33.3 Å². The molecule has 1 fully saturated rings. The number of nitrogens with zero attached hydrogens (tertiary/aromatic N) is 1. The number of ether oxygens (including phenoxy) is 1. The molecule has 2 unspecified atom stereocenters. The molecule has 0 saturated heterocycles. The number of halogens is 1. The van der Waals surface area contributed by atoms with E-state index in [2.05, 4.69) is 6.92 Å². The lowest BCUT2D eigenvalue weighted by atomic mass is 9.89. The molecule has 1 saturated carbocycles. The molecule has 0 N–H and O–H groups in total. The van der Waals surface area contributed by atoms with Gasteiger partial charge in [0, 0.05) is 6.07 Å². The van der Waals surface area contributed by atoms with Gasteiger partial charge in [-0.1, -0.05) is 24.9 Å². The summed E-state index contributed by atoms with van der Waals surface area (Å²) in [5.74, 6) is 1.06. The fourth-order valence-electron chi connectivity index (χ4n) is 2.36. The third-order valence-corrected chi connectivity index (χ3v) is 3.62. The van der Waals surface area contributed by atoms with E-state index in [0.717, 1.165) is 19.3 Å². The molecule has 0 spiro atoms. The summed E-state index contributed by atoms with van der Waals surface area (Å²) in [5, 5.41) is 11.1. The molecule has 18 heavy (non-hydrogen) atoms. The summed E-state index contributed by atoms with van der Waals surface area (Å²) in [6.45, 7) is 2.20. The Labute approximate surface area is 111 Å². The van der Waals surface area contributed by atoms with Crippen LogP contribution in [-0.4, -0.2) is 11.0 Å². The zero-order valence-electron chi connectivity index (χ0n) is 10.3. The Bertz CT molecular complexity index is 450. The van der Waals surface area contributed by atoms with Crippen LogP contribution in [0.1, 0.15) is 32.6 Å². The van der Waals surface area contributed by atoms with E-state index < -0.39 is 4.92 Å². The smallest absolute Gasteiger partial charge is 0.273 e. The Kier molecular flexibility index (Phi) is 4.07. The molecule has 5 heteroatoms. The Morgan fingerprint density at radius 3 is 2.89 bits per heavy atom. The van der Waals surface area contributed by atoms with Crippen molar-refractivity contribution in [2.45, 2.75) is 38.7 Å². The maximum Gasteiger partial charge on any atom is 0.273 e. The number of non-ortho nitro benzene ring substituents is 1. The Hall–Kier alpha value is -1.29. The zero-order chi connectivity index (χ0) is 13.1. The first-order valence-electron chi connectivity index (χ1n) is 6.17. The second kappa shape index (κ2) is 5.57. The van der Waals surface area contributed by atoms with Crippen LogP contribution in [0.3, 0.4) is 0 Å². The van der Waals surface area contributed by atoms with Gasteiger partial charge in [-0.3, -0.25) is 10.1 Å². The average Bonchev–Trinajstić information content (AvgIpc) is 2.31. The SMILES string of the molecule is CC1CCCC(Oc2cc([N+](=O)[O-])ccc2Cl)C1. The number of nitro benzene ring substituents is 1. The van der Waals surface area contributed by atoms with Crippen molar-refractivity contribution in [1.82, 2.24) is 0 Å². The van der Waals surface area contributed by atoms with Gasteiger partial charge in [0.1, 0.15) is 5.75 Å². The number of hydrogen-bond donors (Lipinski definition) is 0. The molecule has 0 aliphatic heterocycles. The van der Waals surface area contributed by atoms with Gasteiger partial charge in [0.25, 0.3) is 5.69 Å². The minimum Gasteiger partial charge on any atom is -0.489 e. The number of benzene rings is 1. The summed E-state index contributed by atoms with van der Waals surface area (Å²) < 4.78 is 5.81. The lowest BCUT2D eigenvalue weighted by Gasteiger charge is -2.27. The van der Waals surface area contributed by atoms with Gasteiger partial charge in [0.15, 0.2) is 0 Å². The Morgan fingerprint density at radius 2 is 2.22 bits per heavy atom. The van der Waals surface area contributed by atoms with Crippen molar-refractivity contribution in [2.24, 2.45) is 5.92 Å². The molecule has 1 aromatic carbocycles. The van der Waals surface area contributed by atoms with Crippen LogP contribution in [0.15, 0.2) is 18.2 Å². The molecule has 1 aliphatic rings. The quantitative estimate of drug-likeness (QED) is 0.610. The highest BCUT2D eigenvalue weighted by atomic mass is 35.5. The van der Waals surface area contributed by atoms with Crippen molar-refractivity contribution < 1.29 is 9.66 Å². The van der Waals surface area contributed by atoms with E-state index in [4.69, 9.17) is 16.3 Å². The normalized spacial score (nSPS) is 23.7. The monoisotopic (exact) mass is 269 g/mol. The summed E-state index contributed by atoms with van der Waals surface area (Å²) in [7, 11) is 0. The first-order chi connectivity index (χ1) is 8.56. The van der Waals surface area contributed by atoms with Crippen molar-refractivity contribution >= 4 is 17.3 Å².